The molecule has 0 unspecified atom stereocenters. The van der Waals surface area contributed by atoms with Crippen molar-refractivity contribution in [2.75, 3.05) is 50.7 Å². The number of carbonyl (C=O) groups is 1. The number of nitrogens with zero attached hydrogens (tertiary/aromatic N) is 4. The van der Waals surface area contributed by atoms with Gasteiger partial charge in [0.05, 0.1) is 6.54 Å². The van der Waals surface area contributed by atoms with Crippen molar-refractivity contribution in [2.24, 2.45) is 0 Å². The van der Waals surface area contributed by atoms with Crippen LogP contribution >= 0.6 is 0 Å². The topological polar surface area (TPSA) is 52.8 Å². The highest BCUT2D eigenvalue weighted by Crippen LogP contribution is 2.22. The van der Waals surface area contributed by atoms with Crippen LogP contribution in [0.25, 0.3) is 11.1 Å². The molecule has 3 heterocycles. The van der Waals surface area contributed by atoms with Crippen LogP contribution < -0.4 is 4.90 Å². The molecule has 1 amide bonds. The summed E-state index contributed by atoms with van der Waals surface area (Å²) in [5.41, 5.74) is 1.73. The maximum Gasteiger partial charge on any atom is 0.298 e. The molecule has 0 N–H and O–H groups in total. The third kappa shape index (κ3) is 3.24. The number of likely N-dealkylation sites (tertiary alicyclic amines) is 1. The van der Waals surface area contributed by atoms with Gasteiger partial charge in [-0.3, -0.25) is 9.69 Å². The average molecular weight is 328 g/mol. The Labute approximate surface area is 142 Å². The molecule has 0 saturated carbocycles. The smallest absolute Gasteiger partial charge is 0.298 e. The van der Waals surface area contributed by atoms with Crippen molar-refractivity contribution in [2.45, 2.75) is 19.3 Å². The first kappa shape index (κ1) is 15.4. The number of hydrogen-bond acceptors (Lipinski definition) is 5. The highest BCUT2D eigenvalue weighted by atomic mass is 16.4. The van der Waals surface area contributed by atoms with Gasteiger partial charge in [-0.25, -0.2) is 0 Å². The van der Waals surface area contributed by atoms with E-state index in [2.05, 4.69) is 14.8 Å². The molecule has 2 saturated heterocycles. The summed E-state index contributed by atoms with van der Waals surface area (Å²) in [6, 6.07) is 8.54. The molecule has 2 aromatic rings. The number of oxazole rings is 1. The molecule has 1 aromatic carbocycles. The fraction of sp³-hybridized carbons (Fsp3) is 0.556. The number of fused-ring (bicyclic) bond motifs is 1. The zero-order valence-corrected chi connectivity index (χ0v) is 14.0. The molecule has 2 aliphatic heterocycles. The molecule has 0 aliphatic carbocycles. The minimum absolute atomic E-state index is 0.282. The van der Waals surface area contributed by atoms with Gasteiger partial charge in [0, 0.05) is 39.3 Å². The van der Waals surface area contributed by atoms with Gasteiger partial charge in [0.1, 0.15) is 5.52 Å². The number of piperazine rings is 1. The Morgan fingerprint density at radius 1 is 1.00 bits per heavy atom. The minimum atomic E-state index is 0.282. The Morgan fingerprint density at radius 2 is 1.75 bits per heavy atom. The fourth-order valence-electron chi connectivity index (χ4n) is 3.53. The van der Waals surface area contributed by atoms with E-state index in [0.29, 0.717) is 12.6 Å². The van der Waals surface area contributed by atoms with Crippen LogP contribution in [0.3, 0.4) is 0 Å². The molecule has 0 spiro atoms. The van der Waals surface area contributed by atoms with Crippen LogP contribution in [0.4, 0.5) is 6.01 Å². The summed E-state index contributed by atoms with van der Waals surface area (Å²) in [4.78, 5) is 23.4. The van der Waals surface area contributed by atoms with Gasteiger partial charge in [-0.15, -0.1) is 0 Å². The molecule has 6 heteroatoms. The quantitative estimate of drug-likeness (QED) is 0.862. The van der Waals surface area contributed by atoms with Gasteiger partial charge >= 0.3 is 0 Å². The summed E-state index contributed by atoms with van der Waals surface area (Å²) >= 11 is 0. The Hall–Kier alpha value is -2.08. The number of para-hydroxylation sites is 2. The van der Waals surface area contributed by atoms with E-state index in [0.717, 1.165) is 63.2 Å². The number of aromatic nitrogens is 1. The van der Waals surface area contributed by atoms with Crippen molar-refractivity contribution in [3.05, 3.63) is 24.3 Å². The number of amides is 1. The Morgan fingerprint density at radius 3 is 2.50 bits per heavy atom. The second-order valence-corrected chi connectivity index (χ2v) is 6.67. The first-order chi connectivity index (χ1) is 11.8. The SMILES string of the molecule is O=C(CN1CCN(c2nc3ccccc3o2)CC1)N1CCCCC1. The van der Waals surface area contributed by atoms with E-state index in [1.165, 1.54) is 6.42 Å². The molecule has 6 nitrogen and oxygen atoms in total. The summed E-state index contributed by atoms with van der Waals surface area (Å²) in [5.74, 6) is 0.282. The number of anilines is 1. The molecule has 1 aromatic heterocycles. The van der Waals surface area contributed by atoms with Crippen molar-refractivity contribution in [1.29, 1.82) is 0 Å². The fourth-order valence-corrected chi connectivity index (χ4v) is 3.53. The second kappa shape index (κ2) is 6.81. The Kier molecular flexibility index (Phi) is 4.38. The van der Waals surface area contributed by atoms with Crippen LogP contribution in [0.15, 0.2) is 28.7 Å². The van der Waals surface area contributed by atoms with Crippen molar-refractivity contribution < 1.29 is 9.21 Å². The maximum atomic E-state index is 12.4. The van der Waals surface area contributed by atoms with Gasteiger partial charge in [-0.2, -0.15) is 4.98 Å². The third-order valence-electron chi connectivity index (χ3n) is 4.99. The van der Waals surface area contributed by atoms with Crippen molar-refractivity contribution in [3.63, 3.8) is 0 Å². The lowest BCUT2D eigenvalue weighted by atomic mass is 10.1. The number of hydrogen-bond donors (Lipinski definition) is 0. The molecule has 128 valence electrons. The highest BCUT2D eigenvalue weighted by molar-refractivity contribution is 5.78. The summed E-state index contributed by atoms with van der Waals surface area (Å²) in [6.45, 7) is 5.85. The highest BCUT2D eigenvalue weighted by Gasteiger charge is 2.24. The summed E-state index contributed by atoms with van der Waals surface area (Å²) in [7, 11) is 0. The molecular weight excluding hydrogens is 304 g/mol. The number of rotatable bonds is 3. The number of benzene rings is 1. The lowest BCUT2D eigenvalue weighted by Crippen LogP contribution is -2.50. The van der Waals surface area contributed by atoms with Gasteiger partial charge in [0.15, 0.2) is 5.58 Å². The zero-order chi connectivity index (χ0) is 16.4. The van der Waals surface area contributed by atoms with Crippen LogP contribution in [0.2, 0.25) is 0 Å². The van der Waals surface area contributed by atoms with Crippen LogP contribution in [-0.4, -0.2) is 66.5 Å². The van der Waals surface area contributed by atoms with Crippen molar-refractivity contribution in [3.8, 4) is 0 Å². The standard InChI is InChI=1S/C18H24N4O2/c23-17(21-8-4-1-5-9-21)14-20-10-12-22(13-11-20)18-19-15-6-2-3-7-16(15)24-18/h2-3,6-7H,1,4-5,8-14H2. The molecule has 2 aliphatic rings. The zero-order valence-electron chi connectivity index (χ0n) is 14.0. The van der Waals surface area contributed by atoms with Crippen LogP contribution in [-0.2, 0) is 4.79 Å². The first-order valence-corrected chi connectivity index (χ1v) is 8.90. The van der Waals surface area contributed by atoms with Crippen LogP contribution in [0, 0.1) is 0 Å². The number of carbonyl (C=O) groups excluding carboxylic acids is 1. The van der Waals surface area contributed by atoms with E-state index in [9.17, 15) is 4.79 Å². The largest absolute Gasteiger partial charge is 0.423 e. The van der Waals surface area contributed by atoms with Gasteiger partial charge in [-0.05, 0) is 31.4 Å². The average Bonchev–Trinajstić information content (AvgIpc) is 3.07. The summed E-state index contributed by atoms with van der Waals surface area (Å²) in [5, 5.41) is 0. The molecule has 0 atom stereocenters. The predicted molar refractivity (Wildman–Crippen MR) is 93.1 cm³/mol. The summed E-state index contributed by atoms with van der Waals surface area (Å²) in [6.07, 6.45) is 3.56. The molecular formula is C18H24N4O2. The normalized spacial score (nSPS) is 19.8. The molecule has 2 fully saturated rings. The van der Waals surface area contributed by atoms with Gasteiger partial charge in [0.2, 0.25) is 5.91 Å². The Balaban J connectivity index is 1.32. The lowest BCUT2D eigenvalue weighted by Gasteiger charge is -2.35. The number of piperidine rings is 1. The lowest BCUT2D eigenvalue weighted by molar-refractivity contribution is -0.133. The van der Waals surface area contributed by atoms with E-state index >= 15 is 0 Å². The molecule has 24 heavy (non-hydrogen) atoms. The predicted octanol–water partition coefficient (Wildman–Crippen LogP) is 1.96. The molecule has 0 bridgehead atoms. The monoisotopic (exact) mass is 328 g/mol. The van der Waals surface area contributed by atoms with Gasteiger partial charge < -0.3 is 14.2 Å². The van der Waals surface area contributed by atoms with Crippen molar-refractivity contribution >= 4 is 23.0 Å². The maximum absolute atomic E-state index is 12.4. The van der Waals surface area contributed by atoms with E-state index in [4.69, 9.17) is 4.42 Å². The molecule has 4 rings (SSSR count). The van der Waals surface area contributed by atoms with E-state index < -0.39 is 0 Å². The minimum Gasteiger partial charge on any atom is -0.423 e. The second-order valence-electron chi connectivity index (χ2n) is 6.67. The molecule has 0 radical (unpaired) electrons. The van der Waals surface area contributed by atoms with E-state index in [1.807, 2.05) is 29.2 Å². The van der Waals surface area contributed by atoms with E-state index in [-0.39, 0.29) is 5.91 Å². The van der Waals surface area contributed by atoms with Crippen molar-refractivity contribution in [1.82, 2.24) is 14.8 Å². The van der Waals surface area contributed by atoms with Crippen LogP contribution in [0.5, 0.6) is 0 Å². The Bertz CT molecular complexity index is 667. The van der Waals surface area contributed by atoms with E-state index in [1.54, 1.807) is 0 Å². The van der Waals surface area contributed by atoms with Gasteiger partial charge in [-0.1, -0.05) is 12.1 Å². The third-order valence-corrected chi connectivity index (χ3v) is 4.99. The summed E-state index contributed by atoms with van der Waals surface area (Å²) < 4.78 is 5.84. The first-order valence-electron chi connectivity index (χ1n) is 8.90. The van der Waals surface area contributed by atoms with Gasteiger partial charge in [0.25, 0.3) is 6.01 Å². The van der Waals surface area contributed by atoms with Crippen LogP contribution in [0.1, 0.15) is 19.3 Å².